The molecule has 0 aromatic heterocycles. The van der Waals surface area contributed by atoms with Crippen molar-refractivity contribution in [3.05, 3.63) is 105 Å². The van der Waals surface area contributed by atoms with Crippen LogP contribution >= 0.6 is 34.8 Å². The molecule has 1 saturated heterocycles. The van der Waals surface area contributed by atoms with E-state index in [1.165, 1.54) is 0 Å². The fraction of sp³-hybridized carbons (Fsp3) is 0.296. The van der Waals surface area contributed by atoms with Crippen molar-refractivity contribution in [2.45, 2.75) is 31.5 Å². The molecule has 1 aliphatic rings. The summed E-state index contributed by atoms with van der Waals surface area (Å²) in [6.45, 7) is 4.61. The quantitative estimate of drug-likeness (QED) is 0.407. The second-order valence-electron chi connectivity index (χ2n) is 8.62. The topological polar surface area (TPSA) is 41.6 Å². The molecule has 1 heterocycles. The molecule has 0 saturated carbocycles. The Balaban J connectivity index is 1.42. The normalized spacial score (nSPS) is 19.5. The minimum Gasteiger partial charge on any atom is -0.373 e. The van der Waals surface area contributed by atoms with Gasteiger partial charge in [-0.1, -0.05) is 83.3 Å². The molecule has 4 rings (SSSR count). The summed E-state index contributed by atoms with van der Waals surface area (Å²) in [6.07, 6.45) is -0.107. The van der Waals surface area contributed by atoms with Crippen molar-refractivity contribution in [3.63, 3.8) is 0 Å². The Kier molecular flexibility index (Phi) is 8.51. The van der Waals surface area contributed by atoms with Crippen LogP contribution in [0.15, 0.2) is 72.8 Å². The van der Waals surface area contributed by atoms with Gasteiger partial charge in [-0.3, -0.25) is 9.69 Å². The third kappa shape index (κ3) is 6.32. The van der Waals surface area contributed by atoms with Crippen molar-refractivity contribution in [3.8, 4) is 0 Å². The van der Waals surface area contributed by atoms with Crippen LogP contribution in [0.4, 0.5) is 0 Å². The molecular weight excluding hydrogens is 491 g/mol. The summed E-state index contributed by atoms with van der Waals surface area (Å²) in [5, 5.41) is 4.86. The third-order valence-corrected chi connectivity index (χ3v) is 7.10. The summed E-state index contributed by atoms with van der Waals surface area (Å²) in [6, 6.07) is 23.2. The maximum absolute atomic E-state index is 13.3. The fourth-order valence-electron chi connectivity index (χ4n) is 4.20. The van der Waals surface area contributed by atoms with E-state index in [0.29, 0.717) is 34.8 Å². The predicted molar refractivity (Wildman–Crippen MR) is 139 cm³/mol. The van der Waals surface area contributed by atoms with E-state index < -0.39 is 5.92 Å². The molecule has 178 valence electrons. The van der Waals surface area contributed by atoms with Gasteiger partial charge in [-0.15, -0.1) is 0 Å². The van der Waals surface area contributed by atoms with E-state index in [0.717, 1.165) is 23.2 Å². The summed E-state index contributed by atoms with van der Waals surface area (Å²) in [5.74, 6) is -0.486. The van der Waals surface area contributed by atoms with E-state index in [2.05, 4.69) is 17.1 Å². The standard InChI is InChI=1S/C27H27Cl3N2O2/c1-18-17-34-23(16-32(18)15-19-7-12-24(29)25(30)13-19)14-31-27(33)26(20-5-3-2-4-6-20)21-8-10-22(28)11-9-21/h2-13,18,23,26H,14-17H2,1H3,(H,31,33)/t18-,23+,26?/m0/s1. The monoisotopic (exact) mass is 516 g/mol. The maximum Gasteiger partial charge on any atom is 0.232 e. The Bertz CT molecular complexity index is 1110. The molecule has 0 bridgehead atoms. The number of rotatable bonds is 7. The number of carbonyl (C=O) groups is 1. The van der Waals surface area contributed by atoms with Gasteiger partial charge in [-0.25, -0.2) is 0 Å². The first-order chi connectivity index (χ1) is 16.4. The van der Waals surface area contributed by atoms with Gasteiger partial charge in [-0.2, -0.15) is 0 Å². The van der Waals surface area contributed by atoms with E-state index >= 15 is 0 Å². The zero-order chi connectivity index (χ0) is 24.1. The molecule has 0 radical (unpaired) electrons. The number of carbonyl (C=O) groups excluding carboxylic acids is 1. The van der Waals surface area contributed by atoms with Crippen molar-refractivity contribution in [1.82, 2.24) is 10.2 Å². The van der Waals surface area contributed by atoms with Crippen LogP contribution in [0.2, 0.25) is 15.1 Å². The van der Waals surface area contributed by atoms with Crippen LogP contribution in [0.5, 0.6) is 0 Å². The Labute approximate surface area is 215 Å². The van der Waals surface area contributed by atoms with Crippen LogP contribution in [-0.2, 0) is 16.1 Å². The Morgan fingerprint density at radius 1 is 1.00 bits per heavy atom. The molecule has 1 fully saturated rings. The van der Waals surface area contributed by atoms with Crippen molar-refractivity contribution < 1.29 is 9.53 Å². The molecule has 34 heavy (non-hydrogen) atoms. The molecule has 3 aromatic rings. The van der Waals surface area contributed by atoms with Gasteiger partial charge in [0.2, 0.25) is 5.91 Å². The van der Waals surface area contributed by atoms with Crippen molar-refractivity contribution in [2.75, 3.05) is 19.7 Å². The minimum atomic E-state index is -0.423. The first-order valence-corrected chi connectivity index (χ1v) is 12.4. The van der Waals surface area contributed by atoms with Gasteiger partial charge in [0.15, 0.2) is 0 Å². The van der Waals surface area contributed by atoms with Crippen LogP contribution in [0.3, 0.4) is 0 Å². The Morgan fingerprint density at radius 3 is 2.41 bits per heavy atom. The van der Waals surface area contributed by atoms with E-state index in [1.54, 1.807) is 0 Å². The lowest BCUT2D eigenvalue weighted by Gasteiger charge is -2.38. The summed E-state index contributed by atoms with van der Waals surface area (Å²) in [7, 11) is 0. The highest BCUT2D eigenvalue weighted by Gasteiger charge is 2.28. The number of amides is 1. The van der Waals surface area contributed by atoms with Crippen LogP contribution in [0.1, 0.15) is 29.5 Å². The molecule has 3 aromatic carbocycles. The highest BCUT2D eigenvalue weighted by Crippen LogP contribution is 2.27. The van der Waals surface area contributed by atoms with Crippen molar-refractivity contribution in [1.29, 1.82) is 0 Å². The maximum atomic E-state index is 13.3. The highest BCUT2D eigenvalue weighted by atomic mass is 35.5. The number of hydrogen-bond acceptors (Lipinski definition) is 3. The molecule has 1 unspecified atom stereocenters. The number of morpholine rings is 1. The second-order valence-corrected chi connectivity index (χ2v) is 9.87. The van der Waals surface area contributed by atoms with Gasteiger partial charge in [0.25, 0.3) is 0 Å². The minimum absolute atomic E-state index is 0.0632. The number of benzene rings is 3. The lowest BCUT2D eigenvalue weighted by atomic mass is 9.90. The SMILES string of the molecule is C[C@H]1CO[C@H](CNC(=O)C(c2ccccc2)c2ccc(Cl)cc2)CN1Cc1ccc(Cl)c(Cl)c1. The molecule has 4 nitrogen and oxygen atoms in total. The molecule has 1 N–H and O–H groups in total. The van der Waals surface area contributed by atoms with Crippen LogP contribution in [0, 0.1) is 0 Å². The van der Waals surface area contributed by atoms with E-state index in [1.807, 2.05) is 72.8 Å². The largest absolute Gasteiger partial charge is 0.373 e. The number of nitrogens with zero attached hydrogens (tertiary/aromatic N) is 1. The zero-order valence-electron chi connectivity index (χ0n) is 18.9. The molecular formula is C27H27Cl3N2O2. The Hall–Kier alpha value is -2.08. The molecule has 1 amide bonds. The smallest absolute Gasteiger partial charge is 0.232 e. The molecule has 7 heteroatoms. The van der Waals surface area contributed by atoms with Gasteiger partial charge >= 0.3 is 0 Å². The first kappa shape index (κ1) is 25.0. The third-order valence-electron chi connectivity index (χ3n) is 6.11. The lowest BCUT2D eigenvalue weighted by molar-refractivity contribution is -0.123. The fourth-order valence-corrected chi connectivity index (χ4v) is 4.65. The van der Waals surface area contributed by atoms with Crippen LogP contribution in [-0.4, -0.2) is 42.6 Å². The first-order valence-electron chi connectivity index (χ1n) is 11.3. The highest BCUT2D eigenvalue weighted by molar-refractivity contribution is 6.42. The van der Waals surface area contributed by atoms with Gasteiger partial charge in [0, 0.05) is 30.7 Å². The van der Waals surface area contributed by atoms with Crippen molar-refractivity contribution in [2.24, 2.45) is 0 Å². The number of halogens is 3. The summed E-state index contributed by atoms with van der Waals surface area (Å²) in [4.78, 5) is 15.7. The molecule has 3 atom stereocenters. The summed E-state index contributed by atoms with van der Waals surface area (Å²) in [5.41, 5.74) is 2.92. The molecule has 0 spiro atoms. The summed E-state index contributed by atoms with van der Waals surface area (Å²) >= 11 is 18.3. The molecule has 0 aliphatic carbocycles. The second kappa shape index (κ2) is 11.6. The Morgan fingerprint density at radius 2 is 1.71 bits per heavy atom. The van der Waals surface area contributed by atoms with Gasteiger partial charge in [0.05, 0.1) is 28.7 Å². The molecule has 1 aliphatic heterocycles. The number of ether oxygens (including phenoxy) is 1. The van der Waals surface area contributed by atoms with Crippen molar-refractivity contribution >= 4 is 40.7 Å². The van der Waals surface area contributed by atoms with Gasteiger partial charge in [-0.05, 0) is 47.9 Å². The average Bonchev–Trinajstić information content (AvgIpc) is 2.84. The number of hydrogen-bond donors (Lipinski definition) is 1. The lowest BCUT2D eigenvalue weighted by Crippen LogP contribution is -2.51. The van der Waals surface area contributed by atoms with E-state index in [9.17, 15) is 4.79 Å². The average molecular weight is 518 g/mol. The van der Waals surface area contributed by atoms with Gasteiger partial charge < -0.3 is 10.1 Å². The summed E-state index contributed by atoms with van der Waals surface area (Å²) < 4.78 is 6.04. The zero-order valence-corrected chi connectivity index (χ0v) is 21.2. The predicted octanol–water partition coefficient (Wildman–Crippen LogP) is 6.18. The van der Waals surface area contributed by atoms with E-state index in [-0.39, 0.29) is 18.1 Å². The van der Waals surface area contributed by atoms with Gasteiger partial charge in [0.1, 0.15) is 0 Å². The van der Waals surface area contributed by atoms with Crippen LogP contribution in [0.25, 0.3) is 0 Å². The van der Waals surface area contributed by atoms with Crippen LogP contribution < -0.4 is 5.32 Å². The van der Waals surface area contributed by atoms with E-state index in [4.69, 9.17) is 39.5 Å². The number of nitrogens with one attached hydrogen (secondary N) is 1.